The summed E-state index contributed by atoms with van der Waals surface area (Å²) in [4.78, 5) is 15.1. The van der Waals surface area contributed by atoms with Gasteiger partial charge in [0.1, 0.15) is 11.4 Å². The summed E-state index contributed by atoms with van der Waals surface area (Å²) in [6.45, 7) is 0. The van der Waals surface area contributed by atoms with E-state index in [9.17, 15) is 9.18 Å². The molecule has 1 N–H and O–H groups in total. The number of benzene rings is 1. The molecule has 0 unspecified atom stereocenters. The summed E-state index contributed by atoms with van der Waals surface area (Å²) in [5, 5.41) is 9.04. The van der Waals surface area contributed by atoms with Gasteiger partial charge in [0.15, 0.2) is 5.75 Å². The summed E-state index contributed by atoms with van der Waals surface area (Å²) in [6.07, 6.45) is 1.34. The predicted octanol–water partition coefficient (Wildman–Crippen LogP) is 2.59. The van der Waals surface area contributed by atoms with Crippen LogP contribution in [0.5, 0.6) is 5.75 Å². The number of rotatable bonds is 3. The first kappa shape index (κ1) is 12.0. The number of carboxylic acid groups (broad SMARTS) is 1. The number of ether oxygens (including phenoxy) is 1. The Morgan fingerprint density at radius 2 is 2.00 bits per heavy atom. The van der Waals surface area contributed by atoms with E-state index in [1.165, 1.54) is 43.6 Å². The SMILES string of the molecule is COc1cnc(-c2ccc(F)cc2)cc1C(=O)O. The second kappa shape index (κ2) is 4.83. The third kappa shape index (κ3) is 2.29. The quantitative estimate of drug-likeness (QED) is 0.905. The van der Waals surface area contributed by atoms with Gasteiger partial charge in [0.25, 0.3) is 0 Å². The van der Waals surface area contributed by atoms with Gasteiger partial charge in [-0.05, 0) is 30.3 Å². The van der Waals surface area contributed by atoms with E-state index in [1.54, 1.807) is 0 Å². The molecular weight excluding hydrogens is 237 g/mol. The molecule has 0 saturated heterocycles. The first-order valence-corrected chi connectivity index (χ1v) is 5.15. The number of aromatic nitrogens is 1. The minimum atomic E-state index is -1.10. The monoisotopic (exact) mass is 247 g/mol. The van der Waals surface area contributed by atoms with Gasteiger partial charge >= 0.3 is 5.97 Å². The zero-order valence-electron chi connectivity index (χ0n) is 9.55. The van der Waals surface area contributed by atoms with E-state index in [2.05, 4.69) is 4.98 Å². The molecule has 0 bridgehead atoms. The van der Waals surface area contributed by atoms with E-state index in [0.717, 1.165) is 0 Å². The Morgan fingerprint density at radius 1 is 1.33 bits per heavy atom. The highest BCUT2D eigenvalue weighted by Crippen LogP contribution is 2.24. The van der Waals surface area contributed by atoms with Crippen LogP contribution < -0.4 is 4.74 Å². The highest BCUT2D eigenvalue weighted by Gasteiger charge is 2.13. The van der Waals surface area contributed by atoms with Gasteiger partial charge in [0.2, 0.25) is 0 Å². The summed E-state index contributed by atoms with van der Waals surface area (Å²) in [6, 6.07) is 7.06. The minimum Gasteiger partial charge on any atom is -0.494 e. The maximum atomic E-state index is 12.8. The van der Waals surface area contributed by atoms with Crippen LogP contribution in [0, 0.1) is 5.82 Å². The molecule has 1 aromatic carbocycles. The molecule has 2 rings (SSSR count). The maximum absolute atomic E-state index is 12.8. The van der Waals surface area contributed by atoms with Crippen molar-refractivity contribution in [1.82, 2.24) is 4.98 Å². The van der Waals surface area contributed by atoms with Crippen LogP contribution in [0.25, 0.3) is 11.3 Å². The molecule has 1 aromatic heterocycles. The molecule has 0 saturated carbocycles. The second-order valence-electron chi connectivity index (χ2n) is 3.58. The fourth-order valence-electron chi connectivity index (χ4n) is 1.55. The lowest BCUT2D eigenvalue weighted by Crippen LogP contribution is -2.02. The van der Waals surface area contributed by atoms with Crippen LogP contribution in [0.1, 0.15) is 10.4 Å². The molecular formula is C13H10FNO3. The van der Waals surface area contributed by atoms with Gasteiger partial charge < -0.3 is 9.84 Å². The molecule has 4 nitrogen and oxygen atoms in total. The van der Waals surface area contributed by atoms with Crippen LogP contribution in [0.4, 0.5) is 4.39 Å². The molecule has 0 atom stereocenters. The first-order valence-electron chi connectivity index (χ1n) is 5.15. The molecule has 0 aliphatic rings. The van der Waals surface area contributed by atoms with E-state index < -0.39 is 5.97 Å². The Kier molecular flexibility index (Phi) is 3.23. The van der Waals surface area contributed by atoms with E-state index in [4.69, 9.17) is 9.84 Å². The number of halogens is 1. The maximum Gasteiger partial charge on any atom is 0.339 e. The lowest BCUT2D eigenvalue weighted by molar-refractivity contribution is 0.0693. The van der Waals surface area contributed by atoms with Crippen molar-refractivity contribution in [3.63, 3.8) is 0 Å². The van der Waals surface area contributed by atoms with E-state index >= 15 is 0 Å². The smallest absolute Gasteiger partial charge is 0.339 e. The molecule has 0 spiro atoms. The number of carboxylic acids is 1. The first-order chi connectivity index (χ1) is 8.61. The molecule has 5 heteroatoms. The molecule has 0 aliphatic carbocycles. The van der Waals surface area contributed by atoms with Gasteiger partial charge in [-0.15, -0.1) is 0 Å². The van der Waals surface area contributed by atoms with Crippen molar-refractivity contribution in [3.05, 3.63) is 47.9 Å². The van der Waals surface area contributed by atoms with Crippen LogP contribution in [0.15, 0.2) is 36.5 Å². The predicted molar refractivity (Wildman–Crippen MR) is 63.1 cm³/mol. The van der Waals surface area contributed by atoms with Crippen molar-refractivity contribution in [2.24, 2.45) is 0 Å². The number of hydrogen-bond donors (Lipinski definition) is 1. The van der Waals surface area contributed by atoms with Gasteiger partial charge in [-0.2, -0.15) is 0 Å². The summed E-state index contributed by atoms with van der Waals surface area (Å²) in [5.41, 5.74) is 1.11. The third-order valence-corrected chi connectivity index (χ3v) is 2.46. The number of hydrogen-bond acceptors (Lipinski definition) is 3. The van der Waals surface area contributed by atoms with Crippen LogP contribution in [0.3, 0.4) is 0 Å². The summed E-state index contributed by atoms with van der Waals surface area (Å²) >= 11 is 0. The molecule has 0 aliphatic heterocycles. The average molecular weight is 247 g/mol. The molecule has 0 amide bonds. The number of nitrogens with zero attached hydrogens (tertiary/aromatic N) is 1. The van der Waals surface area contributed by atoms with Crippen LogP contribution in [0.2, 0.25) is 0 Å². The van der Waals surface area contributed by atoms with E-state index in [1.807, 2.05) is 0 Å². The van der Waals surface area contributed by atoms with Crippen LogP contribution >= 0.6 is 0 Å². The third-order valence-electron chi connectivity index (χ3n) is 2.46. The molecule has 18 heavy (non-hydrogen) atoms. The number of aromatic carboxylic acids is 1. The van der Waals surface area contributed by atoms with Crippen molar-refractivity contribution in [2.75, 3.05) is 7.11 Å². The number of pyridine rings is 1. The van der Waals surface area contributed by atoms with Gasteiger partial charge in [0.05, 0.1) is 19.0 Å². The van der Waals surface area contributed by atoms with Gasteiger partial charge in [0, 0.05) is 5.56 Å². The fourth-order valence-corrected chi connectivity index (χ4v) is 1.55. The van der Waals surface area contributed by atoms with Gasteiger partial charge in [-0.1, -0.05) is 0 Å². The zero-order chi connectivity index (χ0) is 13.1. The largest absolute Gasteiger partial charge is 0.494 e. The zero-order valence-corrected chi connectivity index (χ0v) is 9.55. The molecule has 92 valence electrons. The summed E-state index contributed by atoms with van der Waals surface area (Å²) < 4.78 is 17.7. The minimum absolute atomic E-state index is 0.0202. The lowest BCUT2D eigenvalue weighted by Gasteiger charge is -2.07. The van der Waals surface area contributed by atoms with Gasteiger partial charge in [-0.3, -0.25) is 4.98 Å². The van der Waals surface area contributed by atoms with Crippen LogP contribution in [-0.2, 0) is 0 Å². The van der Waals surface area contributed by atoms with Crippen LogP contribution in [-0.4, -0.2) is 23.2 Å². The fraction of sp³-hybridized carbons (Fsp3) is 0.0769. The standard InChI is InChI=1S/C13H10FNO3/c1-18-12-7-15-11(6-10(12)13(16)17)8-2-4-9(14)5-3-8/h2-7H,1H3,(H,16,17). The Labute approximate surface area is 103 Å². The molecule has 2 aromatic rings. The van der Waals surface area contributed by atoms with Gasteiger partial charge in [-0.25, -0.2) is 9.18 Å². The average Bonchev–Trinajstić information content (AvgIpc) is 2.39. The van der Waals surface area contributed by atoms with E-state index in [-0.39, 0.29) is 17.1 Å². The van der Waals surface area contributed by atoms with Crippen molar-refractivity contribution >= 4 is 5.97 Å². The summed E-state index contributed by atoms with van der Waals surface area (Å²) in [5.74, 6) is -1.27. The normalized spacial score (nSPS) is 10.1. The Balaban J connectivity index is 2.49. The number of methoxy groups -OCH3 is 1. The number of carbonyl (C=O) groups is 1. The Morgan fingerprint density at radius 3 is 2.56 bits per heavy atom. The molecule has 1 heterocycles. The molecule has 0 fully saturated rings. The Hall–Kier alpha value is -2.43. The Bertz CT molecular complexity index is 581. The highest BCUT2D eigenvalue weighted by atomic mass is 19.1. The van der Waals surface area contributed by atoms with E-state index in [0.29, 0.717) is 11.3 Å². The highest BCUT2D eigenvalue weighted by molar-refractivity contribution is 5.92. The lowest BCUT2D eigenvalue weighted by atomic mass is 10.1. The van der Waals surface area contributed by atoms with Crippen molar-refractivity contribution in [3.8, 4) is 17.0 Å². The topological polar surface area (TPSA) is 59.4 Å². The van der Waals surface area contributed by atoms with Crippen molar-refractivity contribution < 1.29 is 19.0 Å². The second-order valence-corrected chi connectivity index (χ2v) is 3.58. The van der Waals surface area contributed by atoms with Crippen molar-refractivity contribution in [2.45, 2.75) is 0 Å². The van der Waals surface area contributed by atoms with Crippen molar-refractivity contribution in [1.29, 1.82) is 0 Å². The molecule has 0 radical (unpaired) electrons. The summed E-state index contributed by atoms with van der Waals surface area (Å²) in [7, 11) is 1.38.